The SMILES string of the molecule is CCOc1ccccc1OC(c1ccccn1)[C@H]1CCCNC1. The molecule has 1 aliphatic rings. The van der Waals surface area contributed by atoms with Crippen molar-refractivity contribution >= 4 is 0 Å². The Bertz CT molecular complexity index is 597. The number of piperidine rings is 1. The van der Waals surface area contributed by atoms with Crippen LogP contribution in [0, 0.1) is 5.92 Å². The van der Waals surface area contributed by atoms with Gasteiger partial charge >= 0.3 is 0 Å². The second-order valence-electron chi connectivity index (χ2n) is 5.78. The normalized spacial score (nSPS) is 19.1. The summed E-state index contributed by atoms with van der Waals surface area (Å²) in [5, 5.41) is 3.47. The molecule has 1 aliphatic heterocycles. The first-order valence-corrected chi connectivity index (χ1v) is 8.38. The molecule has 1 fully saturated rings. The van der Waals surface area contributed by atoms with E-state index in [4.69, 9.17) is 9.47 Å². The van der Waals surface area contributed by atoms with Gasteiger partial charge in [0.25, 0.3) is 0 Å². The summed E-state index contributed by atoms with van der Waals surface area (Å²) >= 11 is 0. The molecule has 0 radical (unpaired) electrons. The zero-order valence-electron chi connectivity index (χ0n) is 13.6. The zero-order chi connectivity index (χ0) is 15.9. The molecule has 2 heterocycles. The summed E-state index contributed by atoms with van der Waals surface area (Å²) in [6.07, 6.45) is 4.08. The first-order valence-electron chi connectivity index (χ1n) is 8.38. The van der Waals surface area contributed by atoms with Gasteiger partial charge in [-0.05, 0) is 50.6 Å². The third-order valence-corrected chi connectivity index (χ3v) is 4.15. The lowest BCUT2D eigenvalue weighted by Gasteiger charge is -2.31. The van der Waals surface area contributed by atoms with Crippen molar-refractivity contribution in [2.45, 2.75) is 25.9 Å². The van der Waals surface area contributed by atoms with Gasteiger partial charge in [0.2, 0.25) is 0 Å². The second-order valence-corrected chi connectivity index (χ2v) is 5.78. The van der Waals surface area contributed by atoms with Gasteiger partial charge in [-0.25, -0.2) is 0 Å². The van der Waals surface area contributed by atoms with Crippen LogP contribution >= 0.6 is 0 Å². The number of nitrogens with one attached hydrogen (secondary N) is 1. The molecule has 0 aliphatic carbocycles. The molecule has 3 rings (SSSR count). The molecule has 23 heavy (non-hydrogen) atoms. The number of hydrogen-bond acceptors (Lipinski definition) is 4. The first kappa shape index (κ1) is 15.8. The molecule has 1 aromatic heterocycles. The number of para-hydroxylation sites is 2. The number of nitrogens with zero attached hydrogens (tertiary/aromatic N) is 1. The molecule has 0 bridgehead atoms. The number of ether oxygens (including phenoxy) is 2. The van der Waals surface area contributed by atoms with Gasteiger partial charge in [-0.15, -0.1) is 0 Å². The van der Waals surface area contributed by atoms with Crippen LogP contribution in [0.15, 0.2) is 48.7 Å². The van der Waals surface area contributed by atoms with E-state index in [1.54, 1.807) is 0 Å². The summed E-state index contributed by atoms with van der Waals surface area (Å²) in [7, 11) is 0. The van der Waals surface area contributed by atoms with E-state index >= 15 is 0 Å². The van der Waals surface area contributed by atoms with Crippen molar-refractivity contribution < 1.29 is 9.47 Å². The maximum absolute atomic E-state index is 6.40. The Labute approximate surface area is 137 Å². The molecule has 122 valence electrons. The predicted molar refractivity (Wildman–Crippen MR) is 90.8 cm³/mol. The van der Waals surface area contributed by atoms with Crippen molar-refractivity contribution in [1.82, 2.24) is 10.3 Å². The minimum Gasteiger partial charge on any atom is -0.490 e. The predicted octanol–water partition coefficient (Wildman–Crippen LogP) is 3.60. The molecular formula is C19H24N2O2. The average Bonchev–Trinajstić information content (AvgIpc) is 2.63. The lowest BCUT2D eigenvalue weighted by Crippen LogP contribution is -2.35. The topological polar surface area (TPSA) is 43.4 Å². The summed E-state index contributed by atoms with van der Waals surface area (Å²) in [6, 6.07) is 13.9. The fourth-order valence-corrected chi connectivity index (χ4v) is 3.04. The molecule has 0 spiro atoms. The van der Waals surface area contributed by atoms with Gasteiger partial charge in [0.15, 0.2) is 11.5 Å². The lowest BCUT2D eigenvalue weighted by molar-refractivity contribution is 0.107. The molecule has 1 saturated heterocycles. The molecule has 2 atom stereocenters. The number of benzene rings is 1. The quantitative estimate of drug-likeness (QED) is 0.885. The molecule has 1 N–H and O–H groups in total. The molecule has 0 amide bonds. The molecule has 1 aromatic carbocycles. The Balaban J connectivity index is 1.86. The van der Waals surface area contributed by atoms with Crippen molar-refractivity contribution in [3.63, 3.8) is 0 Å². The Hall–Kier alpha value is -2.07. The van der Waals surface area contributed by atoms with E-state index in [0.29, 0.717) is 12.5 Å². The monoisotopic (exact) mass is 312 g/mol. The largest absolute Gasteiger partial charge is 0.490 e. The number of aromatic nitrogens is 1. The van der Waals surface area contributed by atoms with Crippen LogP contribution in [0.25, 0.3) is 0 Å². The van der Waals surface area contributed by atoms with Crippen molar-refractivity contribution in [3.05, 3.63) is 54.4 Å². The standard InChI is InChI=1S/C19H24N2O2/c1-2-22-17-10-3-4-11-18(17)23-19(15-8-7-12-20-14-15)16-9-5-6-13-21-16/h3-6,9-11,13,15,19-20H,2,7-8,12,14H2,1H3/t15-,19?/m0/s1. The van der Waals surface area contributed by atoms with Crippen LogP contribution in [0.4, 0.5) is 0 Å². The zero-order valence-corrected chi connectivity index (χ0v) is 13.6. The van der Waals surface area contributed by atoms with Gasteiger partial charge in [0.1, 0.15) is 6.10 Å². The summed E-state index contributed by atoms with van der Waals surface area (Å²) in [4.78, 5) is 4.53. The number of pyridine rings is 1. The fourth-order valence-electron chi connectivity index (χ4n) is 3.04. The van der Waals surface area contributed by atoms with Gasteiger partial charge in [-0.3, -0.25) is 4.98 Å². The molecule has 4 nitrogen and oxygen atoms in total. The highest BCUT2D eigenvalue weighted by atomic mass is 16.5. The van der Waals surface area contributed by atoms with E-state index in [2.05, 4.69) is 10.3 Å². The fraction of sp³-hybridized carbons (Fsp3) is 0.421. The maximum Gasteiger partial charge on any atom is 0.162 e. The first-order chi connectivity index (χ1) is 11.4. The third-order valence-electron chi connectivity index (χ3n) is 4.15. The van der Waals surface area contributed by atoms with E-state index < -0.39 is 0 Å². The van der Waals surface area contributed by atoms with Gasteiger partial charge in [0.05, 0.1) is 12.3 Å². The van der Waals surface area contributed by atoms with E-state index in [0.717, 1.165) is 36.7 Å². The van der Waals surface area contributed by atoms with Crippen LogP contribution in [-0.2, 0) is 0 Å². The maximum atomic E-state index is 6.40. The highest BCUT2D eigenvalue weighted by molar-refractivity contribution is 5.40. The van der Waals surface area contributed by atoms with Crippen molar-refractivity contribution in [2.24, 2.45) is 5.92 Å². The highest BCUT2D eigenvalue weighted by Crippen LogP contribution is 2.35. The van der Waals surface area contributed by atoms with Crippen LogP contribution in [-0.4, -0.2) is 24.7 Å². The van der Waals surface area contributed by atoms with E-state index in [1.165, 1.54) is 6.42 Å². The summed E-state index contributed by atoms with van der Waals surface area (Å²) in [6.45, 7) is 4.65. The van der Waals surface area contributed by atoms with Crippen LogP contribution in [0.3, 0.4) is 0 Å². The Morgan fingerprint density at radius 2 is 2.00 bits per heavy atom. The van der Waals surface area contributed by atoms with Crippen molar-refractivity contribution in [2.75, 3.05) is 19.7 Å². The average molecular weight is 312 g/mol. The summed E-state index contributed by atoms with van der Waals surface area (Å²) in [5.41, 5.74) is 0.979. The third kappa shape index (κ3) is 4.02. The molecular weight excluding hydrogens is 288 g/mol. The van der Waals surface area contributed by atoms with E-state index in [9.17, 15) is 0 Å². The van der Waals surface area contributed by atoms with Crippen molar-refractivity contribution in [3.8, 4) is 11.5 Å². The molecule has 4 heteroatoms. The van der Waals surface area contributed by atoms with Crippen LogP contribution < -0.4 is 14.8 Å². The smallest absolute Gasteiger partial charge is 0.162 e. The Morgan fingerprint density at radius 3 is 2.70 bits per heavy atom. The molecule has 0 saturated carbocycles. The number of hydrogen-bond donors (Lipinski definition) is 1. The van der Waals surface area contributed by atoms with Gasteiger partial charge < -0.3 is 14.8 Å². The summed E-state index contributed by atoms with van der Waals surface area (Å²) in [5.74, 6) is 1.99. The van der Waals surface area contributed by atoms with Gasteiger partial charge in [-0.1, -0.05) is 18.2 Å². The van der Waals surface area contributed by atoms with Crippen molar-refractivity contribution in [1.29, 1.82) is 0 Å². The Kier molecular flexibility index (Phi) is 5.48. The lowest BCUT2D eigenvalue weighted by atomic mass is 9.91. The second kappa shape index (κ2) is 7.97. The van der Waals surface area contributed by atoms with E-state index in [-0.39, 0.29) is 6.10 Å². The van der Waals surface area contributed by atoms with E-state index in [1.807, 2.05) is 55.6 Å². The van der Waals surface area contributed by atoms with Crippen LogP contribution in [0.1, 0.15) is 31.6 Å². The highest BCUT2D eigenvalue weighted by Gasteiger charge is 2.28. The minimum absolute atomic E-state index is 0.0643. The van der Waals surface area contributed by atoms with Crippen LogP contribution in [0.5, 0.6) is 11.5 Å². The van der Waals surface area contributed by atoms with Gasteiger partial charge in [0, 0.05) is 18.7 Å². The summed E-state index contributed by atoms with van der Waals surface area (Å²) < 4.78 is 12.1. The minimum atomic E-state index is -0.0643. The van der Waals surface area contributed by atoms with Crippen LogP contribution in [0.2, 0.25) is 0 Å². The Morgan fingerprint density at radius 1 is 1.17 bits per heavy atom. The molecule has 1 unspecified atom stereocenters. The molecule has 2 aromatic rings. The number of rotatable bonds is 6. The van der Waals surface area contributed by atoms with Gasteiger partial charge in [-0.2, -0.15) is 0 Å².